The third kappa shape index (κ3) is 3.21. The minimum absolute atomic E-state index is 0.787. The van der Waals surface area contributed by atoms with Crippen molar-refractivity contribution in [2.75, 3.05) is 0 Å². The molecule has 0 atom stereocenters. The molecule has 0 aliphatic carbocycles. The van der Waals surface area contributed by atoms with E-state index in [4.69, 9.17) is 11.6 Å². The zero-order chi connectivity index (χ0) is 11.4. The van der Waals surface area contributed by atoms with Gasteiger partial charge in [-0.15, -0.1) is 0 Å². The lowest BCUT2D eigenvalue weighted by atomic mass is 10.0. The van der Waals surface area contributed by atoms with Crippen molar-refractivity contribution in [1.82, 2.24) is 0 Å². The molecule has 0 N–H and O–H groups in total. The van der Waals surface area contributed by atoms with Gasteiger partial charge >= 0.3 is 0 Å². The summed E-state index contributed by atoms with van der Waals surface area (Å²) in [5.74, 6) is 0. The summed E-state index contributed by atoms with van der Waals surface area (Å²) in [5.41, 5.74) is 4.84. The molecule has 0 amide bonds. The Labute approximate surface area is 129 Å². The number of halogens is 5. The fourth-order valence-electron chi connectivity index (χ4n) is 1.38. The van der Waals surface area contributed by atoms with Gasteiger partial charge in [0.2, 0.25) is 0 Å². The first-order valence-electron chi connectivity index (χ1n) is 4.25. The van der Waals surface area contributed by atoms with Gasteiger partial charge in [-0.05, 0) is 22.3 Å². The first-order chi connectivity index (χ1) is 7.19. The minimum Gasteiger partial charge on any atom is -0.0876 e. The maximum Gasteiger partial charge on any atom is 0.0493 e. The number of rotatable bonds is 4. The van der Waals surface area contributed by atoms with Crippen molar-refractivity contribution < 1.29 is 0 Å². The summed E-state index contributed by atoms with van der Waals surface area (Å²) in [7, 11) is 0. The van der Waals surface area contributed by atoms with Crippen LogP contribution in [0.3, 0.4) is 0 Å². The van der Waals surface area contributed by atoms with Crippen LogP contribution in [-0.4, -0.2) is 0 Å². The Hall–Kier alpha value is 1.43. The molecule has 0 aliphatic rings. The van der Waals surface area contributed by atoms with E-state index in [-0.39, 0.29) is 0 Å². The number of hydrogen-bond donors (Lipinski definition) is 0. The van der Waals surface area contributed by atoms with E-state index in [1.807, 2.05) is 0 Å². The van der Waals surface area contributed by atoms with Crippen molar-refractivity contribution in [2.45, 2.75) is 21.3 Å². The summed E-state index contributed by atoms with van der Waals surface area (Å²) in [5, 5.41) is 4.10. The molecule has 15 heavy (non-hydrogen) atoms. The van der Waals surface area contributed by atoms with Gasteiger partial charge < -0.3 is 0 Å². The van der Waals surface area contributed by atoms with Gasteiger partial charge in [-0.2, -0.15) is 0 Å². The van der Waals surface area contributed by atoms with Crippen LogP contribution >= 0.6 is 75.3 Å². The fraction of sp³-hybridized carbons (Fsp3) is 0.400. The van der Waals surface area contributed by atoms with E-state index in [2.05, 4.69) is 69.8 Å². The molecule has 0 heterocycles. The van der Waals surface area contributed by atoms with Crippen molar-refractivity contribution in [2.24, 2.45) is 0 Å². The maximum absolute atomic E-state index is 6.38. The number of benzene rings is 1. The van der Waals surface area contributed by atoms with Crippen LogP contribution in [0.15, 0.2) is 6.07 Å². The quantitative estimate of drug-likeness (QED) is 0.466. The maximum atomic E-state index is 6.38. The Morgan fingerprint density at radius 2 is 1.20 bits per heavy atom. The topological polar surface area (TPSA) is 0 Å². The second kappa shape index (κ2) is 7.00. The van der Waals surface area contributed by atoms with Crippen molar-refractivity contribution in [3.05, 3.63) is 33.3 Å². The SMILES string of the molecule is Clc1c(CBr)c(CBr)cc(CBr)c1CBr. The first kappa shape index (κ1) is 14.5. The van der Waals surface area contributed by atoms with Crippen LogP contribution in [0.25, 0.3) is 0 Å². The van der Waals surface area contributed by atoms with Gasteiger partial charge in [-0.3, -0.25) is 0 Å². The molecule has 0 spiro atoms. The standard InChI is InChI=1S/C10H9Br4Cl/c11-2-6-1-7(3-12)9(5-14)10(15)8(6)4-13/h1H,2-5H2. The Balaban J connectivity index is 3.41. The molecule has 0 nitrogen and oxygen atoms in total. The third-order valence-corrected chi connectivity index (χ3v) is 4.99. The fourth-order valence-corrected chi connectivity index (χ4v) is 4.36. The van der Waals surface area contributed by atoms with Crippen LogP contribution in [0.2, 0.25) is 5.02 Å². The van der Waals surface area contributed by atoms with Gasteiger partial charge in [0.1, 0.15) is 0 Å². The van der Waals surface area contributed by atoms with Crippen LogP contribution in [-0.2, 0) is 21.3 Å². The van der Waals surface area contributed by atoms with Crippen LogP contribution < -0.4 is 0 Å². The summed E-state index contributed by atoms with van der Waals surface area (Å²) in [6.07, 6.45) is 0. The highest BCUT2D eigenvalue weighted by atomic mass is 79.9. The van der Waals surface area contributed by atoms with Gasteiger partial charge in [0.05, 0.1) is 0 Å². The van der Waals surface area contributed by atoms with E-state index in [1.165, 1.54) is 22.3 Å². The van der Waals surface area contributed by atoms with Gasteiger partial charge in [-0.25, -0.2) is 0 Å². The lowest BCUT2D eigenvalue weighted by molar-refractivity contribution is 1.21. The Bertz CT molecular complexity index is 322. The normalized spacial score (nSPS) is 10.7. The Morgan fingerprint density at radius 3 is 1.47 bits per heavy atom. The number of alkyl halides is 4. The van der Waals surface area contributed by atoms with Gasteiger partial charge in [-0.1, -0.05) is 81.4 Å². The molecule has 0 radical (unpaired) electrons. The van der Waals surface area contributed by atoms with Crippen LogP contribution in [0.5, 0.6) is 0 Å². The summed E-state index contributed by atoms with van der Waals surface area (Å²) >= 11 is 20.3. The highest BCUT2D eigenvalue weighted by molar-refractivity contribution is 9.09. The second-order valence-corrected chi connectivity index (χ2v) is 5.62. The molecular weight excluding hydrogens is 475 g/mol. The number of hydrogen-bond acceptors (Lipinski definition) is 0. The zero-order valence-corrected chi connectivity index (χ0v) is 14.9. The van der Waals surface area contributed by atoms with E-state index >= 15 is 0 Å². The molecule has 0 saturated carbocycles. The molecule has 0 bridgehead atoms. The highest BCUT2D eigenvalue weighted by Gasteiger charge is 2.13. The van der Waals surface area contributed by atoms with Gasteiger partial charge in [0.15, 0.2) is 0 Å². The Morgan fingerprint density at radius 1 is 0.800 bits per heavy atom. The molecule has 0 unspecified atom stereocenters. The third-order valence-electron chi connectivity index (χ3n) is 2.21. The van der Waals surface area contributed by atoms with Gasteiger partial charge in [0, 0.05) is 26.3 Å². The molecule has 0 fully saturated rings. The van der Waals surface area contributed by atoms with Gasteiger partial charge in [0.25, 0.3) is 0 Å². The smallest absolute Gasteiger partial charge is 0.0493 e. The molecule has 84 valence electrons. The molecule has 0 aromatic heterocycles. The summed E-state index contributed by atoms with van der Waals surface area (Å²) in [4.78, 5) is 0. The predicted octanol–water partition coefficient (Wildman–Crippen LogP) is 5.92. The summed E-state index contributed by atoms with van der Waals surface area (Å²) in [6.45, 7) is 0. The molecule has 1 aromatic carbocycles. The van der Waals surface area contributed by atoms with E-state index in [1.54, 1.807) is 0 Å². The van der Waals surface area contributed by atoms with E-state index in [0.29, 0.717) is 0 Å². The average molecular weight is 484 g/mol. The highest BCUT2D eigenvalue weighted by Crippen LogP contribution is 2.33. The monoisotopic (exact) mass is 480 g/mol. The van der Waals surface area contributed by atoms with E-state index in [0.717, 1.165) is 26.3 Å². The minimum atomic E-state index is 0.787. The second-order valence-electron chi connectivity index (χ2n) is 3.00. The van der Waals surface area contributed by atoms with Crippen molar-refractivity contribution in [3.63, 3.8) is 0 Å². The molecule has 0 saturated heterocycles. The van der Waals surface area contributed by atoms with Crippen LogP contribution in [0.4, 0.5) is 0 Å². The summed E-state index contributed by atoms with van der Waals surface area (Å²) < 4.78 is 0. The Kier molecular flexibility index (Phi) is 6.76. The predicted molar refractivity (Wildman–Crippen MR) is 82.0 cm³/mol. The lowest BCUT2D eigenvalue weighted by Gasteiger charge is -2.14. The molecular formula is C10H9Br4Cl. The van der Waals surface area contributed by atoms with Crippen molar-refractivity contribution >= 4 is 75.3 Å². The zero-order valence-electron chi connectivity index (χ0n) is 7.80. The average Bonchev–Trinajstić information content (AvgIpc) is 2.27. The lowest BCUT2D eigenvalue weighted by Crippen LogP contribution is -1.98. The first-order valence-corrected chi connectivity index (χ1v) is 9.11. The molecule has 1 rings (SSSR count). The van der Waals surface area contributed by atoms with E-state index < -0.39 is 0 Å². The molecule has 5 heteroatoms. The summed E-state index contributed by atoms with van der Waals surface area (Å²) in [6, 6.07) is 2.20. The molecule has 1 aromatic rings. The van der Waals surface area contributed by atoms with Crippen LogP contribution in [0, 0.1) is 0 Å². The molecule has 0 aliphatic heterocycles. The van der Waals surface area contributed by atoms with Crippen molar-refractivity contribution in [3.8, 4) is 0 Å². The largest absolute Gasteiger partial charge is 0.0876 e. The van der Waals surface area contributed by atoms with Crippen LogP contribution in [0.1, 0.15) is 22.3 Å². The van der Waals surface area contributed by atoms with Crippen molar-refractivity contribution in [1.29, 1.82) is 0 Å². The van der Waals surface area contributed by atoms with E-state index in [9.17, 15) is 0 Å².